The Hall–Kier alpha value is -2.18. The zero-order chi connectivity index (χ0) is 16.2. The van der Waals surface area contributed by atoms with E-state index in [0.717, 1.165) is 18.4 Å². The van der Waals surface area contributed by atoms with Gasteiger partial charge in [-0.2, -0.15) is 0 Å². The van der Waals surface area contributed by atoms with E-state index in [2.05, 4.69) is 10.6 Å². The van der Waals surface area contributed by atoms with Gasteiger partial charge in [-0.15, -0.1) is 11.3 Å². The van der Waals surface area contributed by atoms with Gasteiger partial charge in [0.25, 0.3) is 11.8 Å². The number of nitrogens with one attached hydrogen (secondary N) is 2. The number of benzene rings is 1. The van der Waals surface area contributed by atoms with Crippen LogP contribution in [0.2, 0.25) is 0 Å². The Kier molecular flexibility index (Phi) is 4.73. The third-order valence-corrected chi connectivity index (χ3v) is 4.52. The number of hydrogen-bond acceptors (Lipinski definition) is 4. The molecule has 1 aromatic heterocycles. The SMILES string of the molecule is Cc1ccc(NC(=O)c2cccs2)c(NC(=O)C2CCCO2)c1. The summed E-state index contributed by atoms with van der Waals surface area (Å²) in [5.41, 5.74) is 2.18. The lowest BCUT2D eigenvalue weighted by Crippen LogP contribution is -2.27. The van der Waals surface area contributed by atoms with Crippen LogP contribution in [0.3, 0.4) is 0 Å². The predicted octanol–water partition coefficient (Wildman–Crippen LogP) is 3.43. The molecule has 2 amide bonds. The lowest BCUT2D eigenvalue weighted by Gasteiger charge is -2.15. The highest BCUT2D eigenvalue weighted by Gasteiger charge is 2.24. The molecule has 0 bridgehead atoms. The number of amides is 2. The second-order valence-electron chi connectivity index (χ2n) is 5.47. The average molecular weight is 330 g/mol. The lowest BCUT2D eigenvalue weighted by atomic mass is 10.1. The number of aryl methyl sites for hydroxylation is 1. The van der Waals surface area contributed by atoms with E-state index in [1.807, 2.05) is 30.5 Å². The van der Waals surface area contributed by atoms with Crippen LogP contribution >= 0.6 is 11.3 Å². The van der Waals surface area contributed by atoms with Gasteiger partial charge in [-0.25, -0.2) is 0 Å². The van der Waals surface area contributed by atoms with Crippen LogP contribution in [0.4, 0.5) is 11.4 Å². The van der Waals surface area contributed by atoms with Gasteiger partial charge in [0.05, 0.1) is 16.3 Å². The van der Waals surface area contributed by atoms with Crippen LogP contribution in [-0.2, 0) is 9.53 Å². The fraction of sp³-hybridized carbons (Fsp3) is 0.294. The van der Waals surface area contributed by atoms with Gasteiger partial charge in [-0.1, -0.05) is 12.1 Å². The summed E-state index contributed by atoms with van der Waals surface area (Å²) in [6, 6.07) is 9.13. The third-order valence-electron chi connectivity index (χ3n) is 3.65. The molecule has 1 saturated heterocycles. The van der Waals surface area contributed by atoms with E-state index in [4.69, 9.17) is 4.74 Å². The number of carbonyl (C=O) groups is 2. The quantitative estimate of drug-likeness (QED) is 0.902. The van der Waals surface area contributed by atoms with E-state index in [9.17, 15) is 9.59 Å². The van der Waals surface area contributed by atoms with Crippen molar-refractivity contribution in [2.24, 2.45) is 0 Å². The number of carbonyl (C=O) groups excluding carboxylic acids is 2. The molecule has 1 aliphatic heterocycles. The maximum absolute atomic E-state index is 12.2. The van der Waals surface area contributed by atoms with Crippen molar-refractivity contribution in [3.05, 3.63) is 46.2 Å². The van der Waals surface area contributed by atoms with E-state index in [1.165, 1.54) is 11.3 Å². The molecule has 2 N–H and O–H groups in total. The molecule has 0 aliphatic carbocycles. The molecule has 0 radical (unpaired) electrons. The standard InChI is InChI=1S/C17H18N2O3S/c1-11-6-7-12(18-17(21)15-5-3-9-23-15)13(10-11)19-16(20)14-4-2-8-22-14/h3,5-7,9-10,14H,2,4,8H2,1H3,(H,18,21)(H,19,20). The maximum atomic E-state index is 12.2. The van der Waals surface area contributed by atoms with E-state index in [0.29, 0.717) is 22.9 Å². The fourth-order valence-corrected chi connectivity index (χ4v) is 3.08. The zero-order valence-electron chi connectivity index (χ0n) is 12.8. The molecule has 2 heterocycles. The van der Waals surface area contributed by atoms with Crippen molar-refractivity contribution in [1.29, 1.82) is 0 Å². The van der Waals surface area contributed by atoms with E-state index < -0.39 is 6.10 Å². The molecule has 1 atom stereocenters. The van der Waals surface area contributed by atoms with Gasteiger partial charge >= 0.3 is 0 Å². The van der Waals surface area contributed by atoms with Crippen molar-refractivity contribution >= 4 is 34.5 Å². The number of hydrogen-bond donors (Lipinski definition) is 2. The van der Waals surface area contributed by atoms with Crippen LogP contribution in [0.5, 0.6) is 0 Å². The summed E-state index contributed by atoms with van der Waals surface area (Å²) in [4.78, 5) is 25.1. The van der Waals surface area contributed by atoms with Gasteiger partial charge in [0.2, 0.25) is 0 Å². The van der Waals surface area contributed by atoms with Gasteiger partial charge < -0.3 is 15.4 Å². The molecule has 5 nitrogen and oxygen atoms in total. The molecule has 1 aliphatic rings. The Balaban J connectivity index is 1.77. The van der Waals surface area contributed by atoms with E-state index >= 15 is 0 Å². The van der Waals surface area contributed by atoms with Crippen LogP contribution < -0.4 is 10.6 Å². The van der Waals surface area contributed by atoms with Gasteiger partial charge in [-0.3, -0.25) is 9.59 Å². The van der Waals surface area contributed by atoms with E-state index in [1.54, 1.807) is 12.1 Å². The lowest BCUT2D eigenvalue weighted by molar-refractivity contribution is -0.124. The molecule has 0 spiro atoms. The van der Waals surface area contributed by atoms with Crippen LogP contribution in [0, 0.1) is 6.92 Å². The monoisotopic (exact) mass is 330 g/mol. The molecule has 6 heteroatoms. The summed E-state index contributed by atoms with van der Waals surface area (Å²) in [5, 5.41) is 7.57. The van der Waals surface area contributed by atoms with Crippen LogP contribution in [0.1, 0.15) is 28.1 Å². The highest BCUT2D eigenvalue weighted by molar-refractivity contribution is 7.12. The molecule has 23 heavy (non-hydrogen) atoms. The highest BCUT2D eigenvalue weighted by atomic mass is 32.1. The first-order chi connectivity index (χ1) is 11.1. The minimum absolute atomic E-state index is 0.167. The van der Waals surface area contributed by atoms with Crippen LogP contribution in [0.25, 0.3) is 0 Å². The second-order valence-corrected chi connectivity index (χ2v) is 6.42. The number of rotatable bonds is 4. The van der Waals surface area contributed by atoms with Crippen molar-refractivity contribution in [2.45, 2.75) is 25.9 Å². The predicted molar refractivity (Wildman–Crippen MR) is 91.1 cm³/mol. The van der Waals surface area contributed by atoms with E-state index in [-0.39, 0.29) is 11.8 Å². The van der Waals surface area contributed by atoms with Crippen LogP contribution in [-0.4, -0.2) is 24.5 Å². The molecule has 3 rings (SSSR count). The zero-order valence-corrected chi connectivity index (χ0v) is 13.6. The molecule has 1 aromatic carbocycles. The first kappa shape index (κ1) is 15.7. The summed E-state index contributed by atoms with van der Waals surface area (Å²) < 4.78 is 5.40. The Morgan fingerprint density at radius 1 is 1.22 bits per heavy atom. The molecule has 0 saturated carbocycles. The normalized spacial score (nSPS) is 17.0. The number of ether oxygens (including phenoxy) is 1. The summed E-state index contributed by atoms with van der Waals surface area (Å²) in [7, 11) is 0. The third kappa shape index (κ3) is 3.78. The van der Waals surface area contributed by atoms with Gasteiger partial charge in [-0.05, 0) is 48.9 Å². The summed E-state index contributed by atoms with van der Waals surface area (Å²) in [6.07, 6.45) is 1.22. The van der Waals surface area contributed by atoms with Gasteiger partial charge in [0.1, 0.15) is 6.10 Å². The van der Waals surface area contributed by atoms with Crippen molar-refractivity contribution in [1.82, 2.24) is 0 Å². The fourth-order valence-electron chi connectivity index (χ4n) is 2.46. The molecular formula is C17H18N2O3S. The maximum Gasteiger partial charge on any atom is 0.265 e. The molecule has 2 aromatic rings. The summed E-state index contributed by atoms with van der Waals surface area (Å²) >= 11 is 1.37. The summed E-state index contributed by atoms with van der Waals surface area (Å²) in [6.45, 7) is 2.56. The minimum atomic E-state index is -0.406. The Morgan fingerprint density at radius 3 is 2.78 bits per heavy atom. The Labute approximate surface area is 138 Å². The summed E-state index contributed by atoms with van der Waals surface area (Å²) in [5.74, 6) is -0.351. The highest BCUT2D eigenvalue weighted by Crippen LogP contribution is 2.25. The molecule has 120 valence electrons. The van der Waals surface area contributed by atoms with Gasteiger partial charge in [0, 0.05) is 6.61 Å². The smallest absolute Gasteiger partial charge is 0.265 e. The van der Waals surface area contributed by atoms with Crippen molar-refractivity contribution in [2.75, 3.05) is 17.2 Å². The minimum Gasteiger partial charge on any atom is -0.368 e. The van der Waals surface area contributed by atoms with Crippen LogP contribution in [0.15, 0.2) is 35.7 Å². The van der Waals surface area contributed by atoms with Crippen molar-refractivity contribution in [3.63, 3.8) is 0 Å². The molecular weight excluding hydrogens is 312 g/mol. The van der Waals surface area contributed by atoms with Crippen molar-refractivity contribution in [3.8, 4) is 0 Å². The number of thiophene rings is 1. The number of anilines is 2. The van der Waals surface area contributed by atoms with Gasteiger partial charge in [0.15, 0.2) is 0 Å². The first-order valence-electron chi connectivity index (χ1n) is 7.51. The largest absolute Gasteiger partial charge is 0.368 e. The average Bonchev–Trinajstić information content (AvgIpc) is 3.23. The molecule has 1 fully saturated rings. The Bertz CT molecular complexity index is 707. The first-order valence-corrected chi connectivity index (χ1v) is 8.39. The second kappa shape index (κ2) is 6.93. The Morgan fingerprint density at radius 2 is 2.09 bits per heavy atom. The van der Waals surface area contributed by atoms with Crippen molar-refractivity contribution < 1.29 is 14.3 Å². The molecule has 1 unspecified atom stereocenters. The topological polar surface area (TPSA) is 67.4 Å².